The van der Waals surface area contributed by atoms with E-state index < -0.39 is 9.73 Å². The molecule has 1 aliphatic heterocycles. The van der Waals surface area contributed by atoms with Gasteiger partial charge < -0.3 is 9.88 Å². The number of nitrogens with zero attached hydrogens (tertiary/aromatic N) is 4. The number of H-pyrrole nitrogens is 1. The zero-order valence-electron chi connectivity index (χ0n) is 15.4. The first kappa shape index (κ1) is 18.0. The van der Waals surface area contributed by atoms with Crippen molar-refractivity contribution in [2.45, 2.75) is 37.8 Å². The smallest absolute Gasteiger partial charge is 0.270 e. The second kappa shape index (κ2) is 6.63. The van der Waals surface area contributed by atoms with Gasteiger partial charge in [0.2, 0.25) is 0 Å². The van der Waals surface area contributed by atoms with Crippen LogP contribution in [0.5, 0.6) is 0 Å². The van der Waals surface area contributed by atoms with Crippen molar-refractivity contribution in [3.63, 3.8) is 0 Å². The summed E-state index contributed by atoms with van der Waals surface area (Å²) in [6.45, 7) is 3.43. The lowest BCUT2D eigenvalue weighted by atomic mass is 9.76. The molecule has 0 bridgehead atoms. The Balaban J connectivity index is 1.60. The number of amides is 2. The maximum absolute atomic E-state index is 13.2. The normalized spacial score (nSPS) is 23.9. The third-order valence-electron chi connectivity index (χ3n) is 5.34. The highest BCUT2D eigenvalue weighted by Gasteiger charge is 2.33. The first-order valence-corrected chi connectivity index (χ1v) is 11.0. The molecule has 1 atom stereocenters. The maximum atomic E-state index is 13.2. The van der Waals surface area contributed by atoms with Gasteiger partial charge >= 0.3 is 0 Å². The molecule has 1 saturated carbocycles. The molecule has 4 rings (SSSR count). The van der Waals surface area contributed by atoms with Crippen molar-refractivity contribution in [3.8, 4) is 0 Å². The van der Waals surface area contributed by atoms with Crippen LogP contribution in [0.25, 0.3) is 0 Å². The van der Waals surface area contributed by atoms with Crippen LogP contribution in [0.3, 0.4) is 0 Å². The molecule has 0 spiro atoms. The van der Waals surface area contributed by atoms with Crippen molar-refractivity contribution in [1.29, 1.82) is 0 Å². The van der Waals surface area contributed by atoms with Crippen LogP contribution >= 0.6 is 0 Å². The van der Waals surface area contributed by atoms with Gasteiger partial charge in [-0.05, 0) is 30.9 Å². The summed E-state index contributed by atoms with van der Waals surface area (Å²) < 4.78 is 19.0. The van der Waals surface area contributed by atoms with Crippen LogP contribution in [0.2, 0.25) is 0 Å². The molecule has 2 aromatic heterocycles. The van der Waals surface area contributed by atoms with E-state index in [0.29, 0.717) is 41.8 Å². The molecule has 2 amide bonds. The molecule has 1 fully saturated rings. The minimum absolute atomic E-state index is 0.113. The van der Waals surface area contributed by atoms with Gasteiger partial charge in [-0.2, -0.15) is 9.46 Å². The first-order valence-electron chi connectivity index (χ1n) is 9.08. The lowest BCUT2D eigenvalue weighted by Gasteiger charge is -2.30. The van der Waals surface area contributed by atoms with Crippen LogP contribution in [-0.4, -0.2) is 48.5 Å². The molecule has 3 heterocycles. The van der Waals surface area contributed by atoms with E-state index >= 15 is 0 Å². The largest absolute Gasteiger partial charge is 0.357 e. The summed E-state index contributed by atoms with van der Waals surface area (Å²) in [4.78, 5) is 30.0. The number of carbonyl (C=O) groups excluding carboxylic acids is 2. The van der Waals surface area contributed by atoms with Crippen LogP contribution < -0.4 is 0 Å². The summed E-state index contributed by atoms with van der Waals surface area (Å²) in [5.74, 6) is 0.0183. The van der Waals surface area contributed by atoms with E-state index in [9.17, 15) is 13.8 Å². The van der Waals surface area contributed by atoms with Crippen molar-refractivity contribution < 1.29 is 13.8 Å². The molecule has 8 nitrogen and oxygen atoms in total. The van der Waals surface area contributed by atoms with E-state index in [1.165, 1.54) is 12.5 Å². The van der Waals surface area contributed by atoms with E-state index in [0.717, 1.165) is 12.8 Å². The zero-order chi connectivity index (χ0) is 19.2. The number of hydrogen-bond acceptors (Lipinski definition) is 4. The lowest BCUT2D eigenvalue weighted by molar-refractivity contribution is -0.125. The van der Waals surface area contributed by atoms with Gasteiger partial charge in [-0.25, -0.2) is 4.21 Å². The van der Waals surface area contributed by atoms with Gasteiger partial charge in [-0.15, -0.1) is 0 Å². The standard InChI is InChI=1S/C18H23N5O3S/c1-12-8-13(9-12)17(24)21-27(2,26)16-10-20-23-7-6-22(11-15(16)23)18(25)14-4-3-5-19-14/h3-5,10,12-13,19H,6-9,11H2,1-2H3. The number of aromatic nitrogens is 3. The van der Waals surface area contributed by atoms with E-state index in [1.807, 2.05) is 0 Å². The van der Waals surface area contributed by atoms with Gasteiger partial charge in [0.15, 0.2) is 0 Å². The summed E-state index contributed by atoms with van der Waals surface area (Å²) >= 11 is 0. The summed E-state index contributed by atoms with van der Waals surface area (Å²) in [5.41, 5.74) is 1.20. The predicted octanol–water partition coefficient (Wildman–Crippen LogP) is 1.90. The van der Waals surface area contributed by atoms with Gasteiger partial charge in [-0.1, -0.05) is 6.92 Å². The minimum atomic E-state index is -2.90. The Labute approximate surface area is 158 Å². The number of hydrogen-bond donors (Lipinski definition) is 1. The molecule has 2 aromatic rings. The average molecular weight is 389 g/mol. The summed E-state index contributed by atoms with van der Waals surface area (Å²) in [6.07, 6.45) is 6.33. The molecule has 1 aliphatic carbocycles. The van der Waals surface area contributed by atoms with Crippen LogP contribution in [0.15, 0.2) is 33.8 Å². The fourth-order valence-corrected chi connectivity index (χ4v) is 5.18. The van der Waals surface area contributed by atoms with Crippen molar-refractivity contribution in [3.05, 3.63) is 35.9 Å². The highest BCUT2D eigenvalue weighted by Crippen LogP contribution is 2.34. The maximum Gasteiger partial charge on any atom is 0.270 e. The molecule has 0 saturated heterocycles. The third kappa shape index (κ3) is 3.31. The van der Waals surface area contributed by atoms with Crippen LogP contribution in [0.4, 0.5) is 0 Å². The quantitative estimate of drug-likeness (QED) is 0.866. The minimum Gasteiger partial charge on any atom is -0.357 e. The molecular weight excluding hydrogens is 366 g/mol. The number of nitrogens with one attached hydrogen (secondary N) is 1. The molecule has 27 heavy (non-hydrogen) atoms. The Bertz CT molecular complexity index is 994. The van der Waals surface area contributed by atoms with E-state index in [2.05, 4.69) is 21.4 Å². The van der Waals surface area contributed by atoms with Gasteiger partial charge in [-0.3, -0.25) is 14.3 Å². The second-order valence-electron chi connectivity index (χ2n) is 7.49. The highest BCUT2D eigenvalue weighted by molar-refractivity contribution is 7.93. The van der Waals surface area contributed by atoms with Crippen molar-refractivity contribution in [2.75, 3.05) is 12.8 Å². The molecule has 1 unspecified atom stereocenters. The summed E-state index contributed by atoms with van der Waals surface area (Å²) in [6, 6.07) is 3.50. The zero-order valence-corrected chi connectivity index (χ0v) is 16.2. The Morgan fingerprint density at radius 2 is 2.11 bits per heavy atom. The van der Waals surface area contributed by atoms with Crippen LogP contribution in [0.1, 0.15) is 35.9 Å². The van der Waals surface area contributed by atoms with Gasteiger partial charge in [0, 0.05) is 24.9 Å². The van der Waals surface area contributed by atoms with Gasteiger partial charge in [0.25, 0.3) is 11.8 Å². The second-order valence-corrected chi connectivity index (χ2v) is 9.72. The molecule has 0 radical (unpaired) electrons. The van der Waals surface area contributed by atoms with E-state index in [4.69, 9.17) is 0 Å². The number of fused-ring (bicyclic) bond motifs is 1. The van der Waals surface area contributed by atoms with Gasteiger partial charge in [0.05, 0.1) is 39.6 Å². The third-order valence-corrected chi connectivity index (χ3v) is 7.03. The van der Waals surface area contributed by atoms with Gasteiger partial charge in [0.1, 0.15) is 5.69 Å². The fraction of sp³-hybridized carbons (Fsp3) is 0.500. The molecule has 144 valence electrons. The average Bonchev–Trinajstić information content (AvgIpc) is 3.26. The molecule has 1 N–H and O–H groups in total. The Morgan fingerprint density at radius 3 is 2.78 bits per heavy atom. The number of aromatic amines is 1. The van der Waals surface area contributed by atoms with Crippen LogP contribution in [0, 0.1) is 11.8 Å². The number of carbonyl (C=O) groups is 2. The van der Waals surface area contributed by atoms with Crippen LogP contribution in [-0.2, 0) is 27.6 Å². The summed E-state index contributed by atoms with van der Waals surface area (Å²) in [5, 5.41) is 4.30. The Morgan fingerprint density at radius 1 is 1.33 bits per heavy atom. The van der Waals surface area contributed by atoms with Crippen molar-refractivity contribution >= 4 is 21.5 Å². The molecule has 0 aromatic carbocycles. The summed E-state index contributed by atoms with van der Waals surface area (Å²) in [7, 11) is -2.90. The Hall–Kier alpha value is -2.42. The fourth-order valence-electron chi connectivity index (χ4n) is 3.74. The topological polar surface area (TPSA) is 100 Å². The lowest BCUT2D eigenvalue weighted by Crippen LogP contribution is -2.39. The number of rotatable bonds is 3. The molecule has 9 heteroatoms. The first-order chi connectivity index (χ1) is 12.8. The van der Waals surface area contributed by atoms with Crippen molar-refractivity contribution in [2.24, 2.45) is 16.2 Å². The van der Waals surface area contributed by atoms with E-state index in [-0.39, 0.29) is 17.7 Å². The molecule has 2 aliphatic rings. The predicted molar refractivity (Wildman–Crippen MR) is 99.4 cm³/mol. The SMILES string of the molecule is CC1CC(C(=O)N=S(C)(=O)c2cnn3c2CN(C(=O)c2ccc[nH]2)CC3)C1. The monoisotopic (exact) mass is 389 g/mol. The Kier molecular flexibility index (Phi) is 4.41. The van der Waals surface area contributed by atoms with E-state index in [1.54, 1.807) is 27.9 Å². The highest BCUT2D eigenvalue weighted by atomic mass is 32.2. The molecular formula is C18H23N5O3S. The van der Waals surface area contributed by atoms with Crippen molar-refractivity contribution in [1.82, 2.24) is 19.7 Å².